The van der Waals surface area contributed by atoms with Crippen LogP contribution in [0.3, 0.4) is 0 Å². The zero-order chi connectivity index (χ0) is 9.10. The highest BCUT2D eigenvalue weighted by atomic mass is 32.2. The average molecular weight is 202 g/mol. The highest BCUT2D eigenvalue weighted by molar-refractivity contribution is 7.91. The van der Waals surface area contributed by atoms with Crippen molar-refractivity contribution in [3.8, 4) is 0 Å². The smallest absolute Gasteiger partial charge is 0.118 e. The summed E-state index contributed by atoms with van der Waals surface area (Å²) in [6.07, 6.45) is 2.54. The number of hydrogen-bond acceptors (Lipinski definition) is 3. The van der Waals surface area contributed by atoms with Gasteiger partial charge in [-0.3, -0.25) is 4.90 Å². The van der Waals surface area contributed by atoms with Gasteiger partial charge in [0.15, 0.2) is 0 Å². The quantitative estimate of drug-likeness (QED) is 0.599. The SMILES string of the molecule is [O-][S+]1CCN(C2CCNCC2)CC1. The Morgan fingerprint density at radius 3 is 2.38 bits per heavy atom. The van der Waals surface area contributed by atoms with E-state index in [9.17, 15) is 4.55 Å². The number of nitrogens with zero attached hydrogens (tertiary/aromatic N) is 1. The van der Waals surface area contributed by atoms with Crippen LogP contribution in [0.5, 0.6) is 0 Å². The van der Waals surface area contributed by atoms with Crippen LogP contribution in [0.1, 0.15) is 12.8 Å². The van der Waals surface area contributed by atoms with Gasteiger partial charge in [-0.1, -0.05) is 11.2 Å². The van der Waals surface area contributed by atoms with Crippen molar-refractivity contribution >= 4 is 11.2 Å². The van der Waals surface area contributed by atoms with E-state index in [2.05, 4.69) is 10.2 Å². The Kier molecular flexibility index (Phi) is 3.49. The van der Waals surface area contributed by atoms with E-state index in [0.717, 1.165) is 43.7 Å². The van der Waals surface area contributed by atoms with Crippen molar-refractivity contribution in [3.05, 3.63) is 0 Å². The average Bonchev–Trinajstić information content (AvgIpc) is 2.20. The van der Waals surface area contributed by atoms with Gasteiger partial charge in [0.25, 0.3) is 0 Å². The highest BCUT2D eigenvalue weighted by Gasteiger charge is 2.26. The van der Waals surface area contributed by atoms with Crippen LogP contribution in [-0.2, 0) is 11.2 Å². The summed E-state index contributed by atoms with van der Waals surface area (Å²) < 4.78 is 11.2. The minimum atomic E-state index is -0.523. The third kappa shape index (κ3) is 2.59. The second kappa shape index (κ2) is 4.64. The minimum Gasteiger partial charge on any atom is -0.616 e. The van der Waals surface area contributed by atoms with E-state index in [0.29, 0.717) is 0 Å². The first kappa shape index (κ1) is 9.77. The summed E-state index contributed by atoms with van der Waals surface area (Å²) in [5.41, 5.74) is 0. The van der Waals surface area contributed by atoms with E-state index in [1.807, 2.05) is 0 Å². The van der Waals surface area contributed by atoms with Gasteiger partial charge < -0.3 is 9.87 Å². The van der Waals surface area contributed by atoms with Crippen molar-refractivity contribution in [2.75, 3.05) is 37.7 Å². The molecule has 0 spiro atoms. The van der Waals surface area contributed by atoms with E-state index >= 15 is 0 Å². The molecule has 2 aliphatic rings. The van der Waals surface area contributed by atoms with E-state index in [-0.39, 0.29) is 0 Å². The predicted octanol–water partition coefficient (Wildman–Crippen LogP) is -0.197. The van der Waals surface area contributed by atoms with Crippen molar-refractivity contribution in [2.45, 2.75) is 18.9 Å². The number of nitrogens with one attached hydrogen (secondary N) is 1. The van der Waals surface area contributed by atoms with Crippen LogP contribution >= 0.6 is 0 Å². The first-order chi connectivity index (χ1) is 6.36. The Hall–Kier alpha value is 0.230. The van der Waals surface area contributed by atoms with Crippen LogP contribution in [0, 0.1) is 0 Å². The lowest BCUT2D eigenvalue weighted by Gasteiger charge is -2.37. The molecule has 0 saturated carbocycles. The lowest BCUT2D eigenvalue weighted by molar-refractivity contribution is 0.175. The zero-order valence-electron chi connectivity index (χ0n) is 8.00. The maximum Gasteiger partial charge on any atom is 0.118 e. The van der Waals surface area contributed by atoms with E-state index in [1.54, 1.807) is 0 Å². The lowest BCUT2D eigenvalue weighted by atomic mass is 10.1. The van der Waals surface area contributed by atoms with Gasteiger partial charge in [-0.25, -0.2) is 0 Å². The standard InChI is InChI=1S/C9H18N2OS/c12-13-7-5-11(6-8-13)9-1-3-10-4-2-9/h9-10H,1-8H2. The molecule has 13 heavy (non-hydrogen) atoms. The Morgan fingerprint density at radius 1 is 1.15 bits per heavy atom. The molecule has 0 aromatic carbocycles. The molecule has 1 N–H and O–H groups in total. The molecule has 3 nitrogen and oxygen atoms in total. The summed E-state index contributed by atoms with van der Waals surface area (Å²) >= 11 is -0.523. The van der Waals surface area contributed by atoms with Crippen LogP contribution in [0.15, 0.2) is 0 Å². The van der Waals surface area contributed by atoms with Gasteiger partial charge in [0.05, 0.1) is 0 Å². The zero-order valence-corrected chi connectivity index (χ0v) is 8.81. The number of rotatable bonds is 1. The Bertz CT molecular complexity index is 154. The molecule has 0 aromatic heterocycles. The molecule has 0 unspecified atom stereocenters. The Morgan fingerprint density at radius 2 is 1.77 bits per heavy atom. The minimum absolute atomic E-state index is 0.523. The summed E-state index contributed by atoms with van der Waals surface area (Å²) in [4.78, 5) is 2.53. The molecule has 2 aliphatic heterocycles. The van der Waals surface area contributed by atoms with Gasteiger partial charge in [0, 0.05) is 19.1 Å². The molecule has 0 amide bonds. The number of hydrogen-bond donors (Lipinski definition) is 1. The van der Waals surface area contributed by atoms with Crippen molar-refractivity contribution < 1.29 is 4.55 Å². The fraction of sp³-hybridized carbons (Fsp3) is 1.00. The summed E-state index contributed by atoms with van der Waals surface area (Å²) in [5, 5.41) is 3.38. The van der Waals surface area contributed by atoms with Crippen molar-refractivity contribution in [2.24, 2.45) is 0 Å². The Balaban J connectivity index is 1.79. The Labute approximate surface area is 83.1 Å². The van der Waals surface area contributed by atoms with Gasteiger partial charge >= 0.3 is 0 Å². The first-order valence-corrected chi connectivity index (χ1v) is 6.65. The van der Waals surface area contributed by atoms with E-state index in [4.69, 9.17) is 0 Å². The van der Waals surface area contributed by atoms with Crippen LogP contribution in [0.2, 0.25) is 0 Å². The summed E-state index contributed by atoms with van der Waals surface area (Å²) in [7, 11) is 0. The van der Waals surface area contributed by atoms with Crippen LogP contribution in [-0.4, -0.2) is 53.2 Å². The first-order valence-electron chi connectivity index (χ1n) is 5.16. The molecule has 0 aromatic rings. The monoisotopic (exact) mass is 202 g/mol. The van der Waals surface area contributed by atoms with Crippen LogP contribution in [0.25, 0.3) is 0 Å². The van der Waals surface area contributed by atoms with Gasteiger partial charge in [0.2, 0.25) is 0 Å². The molecule has 0 aliphatic carbocycles. The summed E-state index contributed by atoms with van der Waals surface area (Å²) in [5.74, 6) is 1.79. The predicted molar refractivity (Wildman–Crippen MR) is 55.3 cm³/mol. The number of piperidine rings is 1. The molecule has 0 radical (unpaired) electrons. The fourth-order valence-corrected chi connectivity index (χ4v) is 3.27. The maximum atomic E-state index is 11.2. The third-order valence-electron chi connectivity index (χ3n) is 3.04. The van der Waals surface area contributed by atoms with Gasteiger partial charge in [0.1, 0.15) is 11.5 Å². The molecular formula is C9H18N2OS. The van der Waals surface area contributed by atoms with Gasteiger partial charge in [-0.15, -0.1) is 0 Å². The van der Waals surface area contributed by atoms with Gasteiger partial charge in [-0.05, 0) is 25.9 Å². The van der Waals surface area contributed by atoms with Crippen LogP contribution < -0.4 is 5.32 Å². The van der Waals surface area contributed by atoms with E-state index in [1.165, 1.54) is 12.8 Å². The van der Waals surface area contributed by atoms with Crippen molar-refractivity contribution in [3.63, 3.8) is 0 Å². The van der Waals surface area contributed by atoms with Crippen LogP contribution in [0.4, 0.5) is 0 Å². The summed E-state index contributed by atoms with van der Waals surface area (Å²) in [6, 6.07) is 0.763. The van der Waals surface area contributed by atoms with Crippen molar-refractivity contribution in [1.82, 2.24) is 10.2 Å². The fourth-order valence-electron chi connectivity index (χ4n) is 2.19. The second-order valence-corrected chi connectivity index (χ2v) is 5.56. The van der Waals surface area contributed by atoms with Gasteiger partial charge in [-0.2, -0.15) is 0 Å². The molecule has 4 heteroatoms. The second-order valence-electron chi connectivity index (χ2n) is 3.87. The summed E-state index contributed by atoms with van der Waals surface area (Å²) in [6.45, 7) is 4.42. The molecule has 2 saturated heterocycles. The van der Waals surface area contributed by atoms with Crippen molar-refractivity contribution in [1.29, 1.82) is 0 Å². The largest absolute Gasteiger partial charge is 0.616 e. The highest BCUT2D eigenvalue weighted by Crippen LogP contribution is 2.14. The third-order valence-corrected chi connectivity index (χ3v) is 4.31. The molecule has 2 fully saturated rings. The van der Waals surface area contributed by atoms with E-state index < -0.39 is 11.2 Å². The normalized spacial score (nSPS) is 29.3. The molecule has 76 valence electrons. The topological polar surface area (TPSA) is 38.3 Å². The lowest BCUT2D eigenvalue weighted by Crippen LogP contribution is -2.49. The maximum absolute atomic E-state index is 11.2. The molecule has 0 bridgehead atoms. The molecule has 2 rings (SSSR count). The molecule has 0 atom stereocenters. The molecular weight excluding hydrogens is 184 g/mol. The molecule has 2 heterocycles.